The van der Waals surface area contributed by atoms with Gasteiger partial charge < -0.3 is 24.6 Å². The summed E-state index contributed by atoms with van der Waals surface area (Å²) in [5.41, 5.74) is 0. The number of ether oxygens (including phenoxy) is 2. The molecule has 0 heterocycles. The Morgan fingerprint density at radius 1 is 0.468 bits per heavy atom. The highest BCUT2D eigenvalue weighted by Crippen LogP contribution is 2.43. The number of hydrogen-bond acceptors (Lipinski definition) is 9. The summed E-state index contributed by atoms with van der Waals surface area (Å²) in [6.07, 6.45) is 48.9. The van der Waals surface area contributed by atoms with Gasteiger partial charge in [-0.3, -0.25) is 18.6 Å². The lowest BCUT2D eigenvalue weighted by Gasteiger charge is -2.20. The maximum Gasteiger partial charge on any atom is 0.472 e. The van der Waals surface area contributed by atoms with Crippen LogP contribution in [-0.4, -0.2) is 65.7 Å². The van der Waals surface area contributed by atoms with Gasteiger partial charge in [-0.05, 0) is 38.5 Å². The minimum atomic E-state index is -4.62. The molecule has 0 amide bonds. The van der Waals surface area contributed by atoms with Crippen molar-refractivity contribution in [3.8, 4) is 0 Å². The van der Waals surface area contributed by atoms with Crippen LogP contribution in [0.5, 0.6) is 0 Å². The second kappa shape index (κ2) is 47.7. The molecule has 3 N–H and O–H groups in total. The summed E-state index contributed by atoms with van der Waals surface area (Å²) < 4.78 is 32.9. The van der Waals surface area contributed by atoms with E-state index in [1.165, 1.54) is 180 Å². The van der Waals surface area contributed by atoms with Gasteiger partial charge in [-0.25, -0.2) is 4.57 Å². The largest absolute Gasteiger partial charge is 0.472 e. The zero-order chi connectivity index (χ0) is 45.5. The van der Waals surface area contributed by atoms with E-state index in [2.05, 4.69) is 26.0 Å². The number of phosphoric ester groups is 1. The smallest absolute Gasteiger partial charge is 0.462 e. The van der Waals surface area contributed by atoms with Crippen LogP contribution < -0.4 is 0 Å². The SMILES string of the molecule is CCCCCCCC/C=C/CCCCCCCCCC(=O)OC[C@H](COP(=O)(O)OC[C@@H](O)CO)OC(=O)CCCCCCCCCCCCCCCCCCCCCCCC. The van der Waals surface area contributed by atoms with Crippen molar-refractivity contribution < 1.29 is 47.8 Å². The summed E-state index contributed by atoms with van der Waals surface area (Å²) in [5.74, 6) is -0.913. The number of carbonyl (C=O) groups excluding carboxylic acids is 2. The molecule has 0 rings (SSSR count). The van der Waals surface area contributed by atoms with E-state index in [1.54, 1.807) is 0 Å². The van der Waals surface area contributed by atoms with Gasteiger partial charge in [0.1, 0.15) is 12.7 Å². The lowest BCUT2D eigenvalue weighted by atomic mass is 10.0. The number of aliphatic hydroxyl groups is 2. The normalized spacial score (nSPS) is 13.7. The molecule has 10 nitrogen and oxygen atoms in total. The molecule has 0 aliphatic carbocycles. The summed E-state index contributed by atoms with van der Waals surface area (Å²) in [7, 11) is -4.62. The summed E-state index contributed by atoms with van der Waals surface area (Å²) in [4.78, 5) is 35.2. The van der Waals surface area contributed by atoms with E-state index in [9.17, 15) is 24.2 Å². The fourth-order valence-corrected chi connectivity index (χ4v) is 8.43. The van der Waals surface area contributed by atoms with Crippen LogP contribution >= 0.6 is 7.82 Å². The molecule has 368 valence electrons. The molecule has 0 radical (unpaired) electrons. The number of hydrogen-bond donors (Lipinski definition) is 3. The maximum atomic E-state index is 12.7. The van der Waals surface area contributed by atoms with E-state index >= 15 is 0 Å². The molecule has 0 fully saturated rings. The Bertz CT molecular complexity index is 1040. The minimum absolute atomic E-state index is 0.190. The lowest BCUT2D eigenvalue weighted by molar-refractivity contribution is -0.161. The molecule has 0 saturated heterocycles. The van der Waals surface area contributed by atoms with Crippen LogP contribution in [0, 0.1) is 0 Å². The fourth-order valence-electron chi connectivity index (χ4n) is 7.64. The molecule has 0 saturated carbocycles. The van der Waals surface area contributed by atoms with Crippen molar-refractivity contribution >= 4 is 19.8 Å². The zero-order valence-electron chi connectivity index (χ0n) is 40.4. The first-order valence-corrected chi connectivity index (χ1v) is 27.6. The first-order chi connectivity index (χ1) is 30.2. The summed E-state index contributed by atoms with van der Waals surface area (Å²) in [5, 5.41) is 18.4. The minimum Gasteiger partial charge on any atom is -0.462 e. The molecule has 0 spiro atoms. The molecule has 3 atom stereocenters. The van der Waals surface area contributed by atoms with Crippen LogP contribution in [0.2, 0.25) is 0 Å². The molecule has 0 bridgehead atoms. The van der Waals surface area contributed by atoms with E-state index in [-0.39, 0.29) is 19.4 Å². The summed E-state index contributed by atoms with van der Waals surface area (Å²) in [6.45, 7) is 2.43. The second-order valence-electron chi connectivity index (χ2n) is 17.9. The van der Waals surface area contributed by atoms with Gasteiger partial charge in [0.2, 0.25) is 0 Å². The molecule has 0 aromatic rings. The number of aliphatic hydroxyl groups excluding tert-OH is 2. The predicted octanol–water partition coefficient (Wildman–Crippen LogP) is 14.7. The van der Waals surface area contributed by atoms with Gasteiger partial charge in [0.15, 0.2) is 6.10 Å². The van der Waals surface area contributed by atoms with Crippen LogP contribution in [0.25, 0.3) is 0 Å². The van der Waals surface area contributed by atoms with Crippen molar-refractivity contribution in [3.63, 3.8) is 0 Å². The van der Waals surface area contributed by atoms with Crippen LogP contribution in [0.4, 0.5) is 0 Å². The molecular formula is C51H99O10P. The second-order valence-corrected chi connectivity index (χ2v) is 19.4. The first-order valence-electron chi connectivity index (χ1n) is 26.1. The van der Waals surface area contributed by atoms with Gasteiger partial charge in [0.05, 0.1) is 19.8 Å². The Balaban J connectivity index is 4.12. The van der Waals surface area contributed by atoms with E-state index in [4.69, 9.17) is 23.6 Å². The third kappa shape index (κ3) is 46.7. The number of carbonyl (C=O) groups is 2. The van der Waals surface area contributed by atoms with Crippen LogP contribution in [0.3, 0.4) is 0 Å². The molecule has 0 aliphatic rings. The number of phosphoric acid groups is 1. The predicted molar refractivity (Wildman–Crippen MR) is 256 cm³/mol. The lowest BCUT2D eigenvalue weighted by Crippen LogP contribution is -2.29. The fraction of sp³-hybridized carbons (Fsp3) is 0.922. The van der Waals surface area contributed by atoms with Crippen molar-refractivity contribution in [1.29, 1.82) is 0 Å². The summed E-state index contributed by atoms with van der Waals surface area (Å²) in [6, 6.07) is 0. The average molecular weight is 903 g/mol. The third-order valence-electron chi connectivity index (χ3n) is 11.7. The van der Waals surface area contributed by atoms with Crippen molar-refractivity contribution in [2.45, 2.75) is 276 Å². The topological polar surface area (TPSA) is 149 Å². The van der Waals surface area contributed by atoms with Gasteiger partial charge >= 0.3 is 19.8 Å². The van der Waals surface area contributed by atoms with E-state index in [0.29, 0.717) is 12.8 Å². The van der Waals surface area contributed by atoms with Gasteiger partial charge in [0.25, 0.3) is 0 Å². The third-order valence-corrected chi connectivity index (χ3v) is 12.6. The van der Waals surface area contributed by atoms with Crippen molar-refractivity contribution in [2.75, 3.05) is 26.4 Å². The molecular weight excluding hydrogens is 804 g/mol. The highest BCUT2D eigenvalue weighted by atomic mass is 31.2. The van der Waals surface area contributed by atoms with Gasteiger partial charge in [-0.2, -0.15) is 0 Å². The van der Waals surface area contributed by atoms with Crippen LogP contribution in [0.15, 0.2) is 12.2 Å². The number of allylic oxidation sites excluding steroid dienone is 2. The Morgan fingerprint density at radius 2 is 0.790 bits per heavy atom. The molecule has 0 aromatic heterocycles. The Hall–Kier alpha value is -1.29. The monoisotopic (exact) mass is 903 g/mol. The van der Waals surface area contributed by atoms with E-state index in [0.717, 1.165) is 44.9 Å². The maximum absolute atomic E-state index is 12.7. The number of unbranched alkanes of at least 4 members (excludes halogenated alkanes) is 34. The molecule has 62 heavy (non-hydrogen) atoms. The van der Waals surface area contributed by atoms with Crippen molar-refractivity contribution in [2.24, 2.45) is 0 Å². The first kappa shape index (κ1) is 60.7. The van der Waals surface area contributed by atoms with Gasteiger partial charge in [0, 0.05) is 12.8 Å². The van der Waals surface area contributed by atoms with Gasteiger partial charge in [-0.15, -0.1) is 0 Å². The van der Waals surface area contributed by atoms with E-state index in [1.807, 2.05) is 0 Å². The Labute approximate surface area is 381 Å². The average Bonchev–Trinajstić information content (AvgIpc) is 3.26. The van der Waals surface area contributed by atoms with Crippen molar-refractivity contribution in [3.05, 3.63) is 12.2 Å². The van der Waals surface area contributed by atoms with Gasteiger partial charge in [-0.1, -0.05) is 225 Å². The molecule has 11 heteroatoms. The quantitative estimate of drug-likeness (QED) is 0.0233. The summed E-state index contributed by atoms with van der Waals surface area (Å²) >= 11 is 0. The molecule has 0 aliphatic heterocycles. The van der Waals surface area contributed by atoms with Crippen molar-refractivity contribution in [1.82, 2.24) is 0 Å². The Kier molecular flexibility index (Phi) is 46.7. The highest BCUT2D eigenvalue weighted by Gasteiger charge is 2.27. The van der Waals surface area contributed by atoms with E-state index < -0.39 is 51.8 Å². The molecule has 0 aromatic carbocycles. The Morgan fingerprint density at radius 3 is 1.16 bits per heavy atom. The highest BCUT2D eigenvalue weighted by molar-refractivity contribution is 7.47. The van der Waals surface area contributed by atoms with Crippen LogP contribution in [-0.2, 0) is 32.7 Å². The molecule has 1 unspecified atom stereocenters. The number of esters is 2. The zero-order valence-corrected chi connectivity index (χ0v) is 41.3. The number of rotatable bonds is 50. The van der Waals surface area contributed by atoms with Crippen LogP contribution in [0.1, 0.15) is 264 Å². The standard InChI is InChI=1S/C51H99O10P/c1-3-5-7-9-11-13-15-17-19-21-22-23-24-25-27-29-31-33-35-37-39-41-43-51(55)61-49(47-60-62(56,57)59-45-48(53)44-52)46-58-50(54)42-40-38-36-34-32-30-28-26-20-18-16-14-12-10-8-6-4-2/h18,20,48-49,52-53H,3-17,19,21-47H2,1-2H3,(H,56,57)/b20-18+/t48-,49+/m0/s1.